The molecule has 7 heteroatoms. The van der Waals surface area contributed by atoms with E-state index in [9.17, 15) is 4.79 Å². The predicted molar refractivity (Wildman–Crippen MR) is 113 cm³/mol. The number of aryl methyl sites for hydroxylation is 2. The maximum absolute atomic E-state index is 12.8. The summed E-state index contributed by atoms with van der Waals surface area (Å²) in [4.78, 5) is 19.9. The number of rotatable bonds is 3. The van der Waals surface area contributed by atoms with E-state index in [0.717, 1.165) is 46.6 Å². The Balaban J connectivity index is 1.41. The van der Waals surface area contributed by atoms with Crippen LogP contribution in [0, 0.1) is 6.92 Å². The summed E-state index contributed by atoms with van der Waals surface area (Å²) >= 11 is 0. The highest BCUT2D eigenvalue weighted by molar-refractivity contribution is 6.06. The van der Waals surface area contributed by atoms with Crippen molar-refractivity contribution >= 4 is 28.1 Å². The first-order valence-corrected chi connectivity index (χ1v) is 9.93. The number of pyridine rings is 1. The molecule has 4 heterocycles. The summed E-state index contributed by atoms with van der Waals surface area (Å²) in [5.74, 6) is -0.138. The minimum Gasteiger partial charge on any atom is -0.321 e. The van der Waals surface area contributed by atoms with Crippen LogP contribution in [0.3, 0.4) is 0 Å². The summed E-state index contributed by atoms with van der Waals surface area (Å²) in [6.45, 7) is 3.08. The Labute approximate surface area is 169 Å². The van der Waals surface area contributed by atoms with Crippen LogP contribution in [0.4, 0.5) is 5.69 Å². The molecule has 1 aromatic carbocycles. The zero-order valence-corrected chi connectivity index (χ0v) is 16.9. The standard InChI is InChI=1S/C22H24N6O/c1-14-17-8-6-15(11-20(17)27(3)25-14)22(29)23-16-7-9-21-24-18(13-28(21)12-16)19-5-4-10-26(19)2/h6-9,11-13,19H,4-5,10H2,1-3H3,(H,23,29)/t19-/m1/s1. The van der Waals surface area contributed by atoms with E-state index in [4.69, 9.17) is 4.98 Å². The number of likely N-dealkylation sites (tertiary alicyclic amines) is 1. The third-order valence-corrected chi connectivity index (χ3v) is 5.89. The molecule has 0 radical (unpaired) electrons. The van der Waals surface area contributed by atoms with E-state index >= 15 is 0 Å². The highest BCUT2D eigenvalue weighted by atomic mass is 16.1. The summed E-state index contributed by atoms with van der Waals surface area (Å²) in [6.07, 6.45) is 6.34. The molecular formula is C22H24N6O. The molecule has 7 nitrogen and oxygen atoms in total. The number of nitrogens with one attached hydrogen (secondary N) is 1. The van der Waals surface area contributed by atoms with E-state index in [1.54, 1.807) is 4.68 Å². The molecule has 29 heavy (non-hydrogen) atoms. The van der Waals surface area contributed by atoms with Crippen LogP contribution in [-0.2, 0) is 7.05 Å². The highest BCUT2D eigenvalue weighted by Gasteiger charge is 2.24. The number of benzene rings is 1. The number of anilines is 1. The van der Waals surface area contributed by atoms with Crippen molar-refractivity contribution in [1.29, 1.82) is 0 Å². The molecular weight excluding hydrogens is 364 g/mol. The van der Waals surface area contributed by atoms with Crippen molar-refractivity contribution in [1.82, 2.24) is 24.1 Å². The fraction of sp³-hybridized carbons (Fsp3) is 0.318. The molecule has 1 aliphatic heterocycles. The van der Waals surface area contributed by atoms with E-state index in [2.05, 4.69) is 28.6 Å². The van der Waals surface area contributed by atoms with Crippen LogP contribution in [0.25, 0.3) is 16.6 Å². The van der Waals surface area contributed by atoms with Gasteiger partial charge in [-0.1, -0.05) is 6.07 Å². The Bertz CT molecular complexity index is 1240. The van der Waals surface area contributed by atoms with E-state index in [1.807, 2.05) is 54.9 Å². The van der Waals surface area contributed by atoms with Gasteiger partial charge in [-0.25, -0.2) is 4.98 Å². The van der Waals surface area contributed by atoms with E-state index in [-0.39, 0.29) is 5.91 Å². The van der Waals surface area contributed by atoms with Gasteiger partial charge < -0.3 is 9.72 Å². The topological polar surface area (TPSA) is 67.5 Å². The van der Waals surface area contributed by atoms with Crippen molar-refractivity contribution in [2.75, 3.05) is 18.9 Å². The molecule has 0 saturated carbocycles. The van der Waals surface area contributed by atoms with E-state index < -0.39 is 0 Å². The average Bonchev–Trinajstić information content (AvgIpc) is 3.38. The maximum atomic E-state index is 12.8. The van der Waals surface area contributed by atoms with Crippen molar-refractivity contribution in [3.63, 3.8) is 0 Å². The van der Waals surface area contributed by atoms with Crippen LogP contribution < -0.4 is 5.32 Å². The number of hydrogen-bond donors (Lipinski definition) is 1. The van der Waals surface area contributed by atoms with Crippen LogP contribution in [0.15, 0.2) is 42.7 Å². The quantitative estimate of drug-likeness (QED) is 0.583. The van der Waals surface area contributed by atoms with Gasteiger partial charge >= 0.3 is 0 Å². The first kappa shape index (κ1) is 17.9. The smallest absolute Gasteiger partial charge is 0.255 e. The van der Waals surface area contributed by atoms with Gasteiger partial charge in [-0.2, -0.15) is 5.10 Å². The molecule has 1 aliphatic rings. The van der Waals surface area contributed by atoms with Crippen molar-refractivity contribution in [3.8, 4) is 0 Å². The molecule has 0 spiro atoms. The Hall–Kier alpha value is -3.19. The van der Waals surface area contributed by atoms with Crippen LogP contribution in [0.1, 0.15) is 40.6 Å². The second kappa shape index (κ2) is 6.70. The molecule has 1 N–H and O–H groups in total. The molecule has 3 aromatic heterocycles. The van der Waals surface area contributed by atoms with Crippen LogP contribution in [-0.4, -0.2) is 43.6 Å². The molecule has 1 amide bonds. The van der Waals surface area contributed by atoms with Gasteiger partial charge in [0.25, 0.3) is 5.91 Å². The first-order chi connectivity index (χ1) is 14.0. The van der Waals surface area contributed by atoms with Gasteiger partial charge in [0.2, 0.25) is 0 Å². The fourth-order valence-corrected chi connectivity index (χ4v) is 4.31. The van der Waals surface area contributed by atoms with Crippen molar-refractivity contribution in [2.45, 2.75) is 25.8 Å². The van der Waals surface area contributed by atoms with Crippen LogP contribution >= 0.6 is 0 Å². The molecule has 1 atom stereocenters. The zero-order valence-electron chi connectivity index (χ0n) is 16.9. The molecule has 0 bridgehead atoms. The summed E-state index contributed by atoms with van der Waals surface area (Å²) in [6, 6.07) is 9.90. The number of fused-ring (bicyclic) bond motifs is 2. The molecule has 0 aliphatic carbocycles. The Morgan fingerprint density at radius 1 is 1.17 bits per heavy atom. The van der Waals surface area contributed by atoms with Gasteiger partial charge in [-0.05, 0) is 57.6 Å². The first-order valence-electron chi connectivity index (χ1n) is 9.93. The summed E-state index contributed by atoms with van der Waals surface area (Å²) in [5.41, 5.74) is 5.25. The van der Waals surface area contributed by atoms with Crippen LogP contribution in [0.5, 0.6) is 0 Å². The van der Waals surface area contributed by atoms with Gasteiger partial charge in [0.15, 0.2) is 0 Å². The summed E-state index contributed by atoms with van der Waals surface area (Å²) in [7, 11) is 4.04. The third kappa shape index (κ3) is 3.07. The van der Waals surface area contributed by atoms with Gasteiger partial charge in [0.05, 0.1) is 28.6 Å². The maximum Gasteiger partial charge on any atom is 0.255 e. The Kier molecular flexibility index (Phi) is 4.13. The number of carbonyl (C=O) groups is 1. The molecule has 5 rings (SSSR count). The lowest BCUT2D eigenvalue weighted by molar-refractivity contribution is 0.102. The van der Waals surface area contributed by atoms with Gasteiger partial charge in [-0.15, -0.1) is 0 Å². The third-order valence-electron chi connectivity index (χ3n) is 5.89. The number of imidazole rings is 1. The predicted octanol–water partition coefficient (Wildman–Crippen LogP) is 3.55. The SMILES string of the molecule is Cc1nn(C)c2cc(C(=O)Nc3ccc4nc([C@H]5CCCN5C)cn4c3)ccc12. The summed E-state index contributed by atoms with van der Waals surface area (Å²) < 4.78 is 3.80. The molecule has 4 aromatic rings. The lowest BCUT2D eigenvalue weighted by atomic mass is 10.1. The number of aromatic nitrogens is 4. The number of carbonyl (C=O) groups excluding carboxylic acids is 1. The summed E-state index contributed by atoms with van der Waals surface area (Å²) in [5, 5.41) is 8.48. The monoisotopic (exact) mass is 388 g/mol. The van der Waals surface area contributed by atoms with Gasteiger partial charge in [0.1, 0.15) is 5.65 Å². The second-order valence-corrected chi connectivity index (χ2v) is 7.88. The van der Waals surface area contributed by atoms with Crippen molar-refractivity contribution in [3.05, 3.63) is 59.7 Å². The Morgan fingerprint density at radius 3 is 2.83 bits per heavy atom. The zero-order chi connectivity index (χ0) is 20.1. The van der Waals surface area contributed by atoms with E-state index in [1.165, 1.54) is 6.42 Å². The highest BCUT2D eigenvalue weighted by Crippen LogP contribution is 2.30. The Morgan fingerprint density at radius 2 is 2.03 bits per heavy atom. The van der Waals surface area contributed by atoms with Gasteiger partial charge in [-0.3, -0.25) is 14.4 Å². The number of nitrogens with zero attached hydrogens (tertiary/aromatic N) is 5. The molecule has 0 unspecified atom stereocenters. The lowest BCUT2D eigenvalue weighted by Gasteiger charge is -2.16. The molecule has 148 valence electrons. The average molecular weight is 388 g/mol. The van der Waals surface area contributed by atoms with Gasteiger partial charge in [0, 0.05) is 30.4 Å². The second-order valence-electron chi connectivity index (χ2n) is 7.88. The normalized spacial score (nSPS) is 17.4. The van der Waals surface area contributed by atoms with E-state index in [0.29, 0.717) is 11.6 Å². The molecule has 1 saturated heterocycles. The fourth-order valence-electron chi connectivity index (χ4n) is 4.31. The molecule has 1 fully saturated rings. The lowest BCUT2D eigenvalue weighted by Crippen LogP contribution is -2.17. The van der Waals surface area contributed by atoms with Crippen molar-refractivity contribution < 1.29 is 4.79 Å². The number of hydrogen-bond acceptors (Lipinski definition) is 4. The largest absolute Gasteiger partial charge is 0.321 e. The van der Waals surface area contributed by atoms with Crippen molar-refractivity contribution in [2.24, 2.45) is 7.05 Å². The van der Waals surface area contributed by atoms with Crippen LogP contribution in [0.2, 0.25) is 0 Å². The minimum atomic E-state index is -0.138. The number of amides is 1. The minimum absolute atomic E-state index is 0.138.